The van der Waals surface area contributed by atoms with Crippen molar-refractivity contribution in [2.45, 2.75) is 44.2 Å². The van der Waals surface area contributed by atoms with Crippen molar-refractivity contribution in [1.82, 2.24) is 20.2 Å². The van der Waals surface area contributed by atoms with E-state index < -0.39 is 0 Å². The van der Waals surface area contributed by atoms with Crippen LogP contribution in [0.3, 0.4) is 0 Å². The van der Waals surface area contributed by atoms with E-state index in [1.54, 1.807) is 6.33 Å². The van der Waals surface area contributed by atoms with Crippen LogP contribution in [-0.2, 0) is 11.3 Å². The zero-order valence-electron chi connectivity index (χ0n) is 14.1. The molecule has 1 amide bonds. The number of imidazole rings is 1. The van der Waals surface area contributed by atoms with Gasteiger partial charge in [-0.2, -0.15) is 0 Å². The summed E-state index contributed by atoms with van der Waals surface area (Å²) in [5, 5.41) is 3.32. The average molecular weight is 324 g/mol. The van der Waals surface area contributed by atoms with E-state index in [2.05, 4.69) is 39.2 Å². The van der Waals surface area contributed by atoms with Crippen molar-refractivity contribution in [2.75, 3.05) is 13.1 Å². The van der Waals surface area contributed by atoms with Gasteiger partial charge in [0.15, 0.2) is 0 Å². The molecule has 2 fully saturated rings. The molecule has 2 N–H and O–H groups in total. The maximum atomic E-state index is 12.5. The van der Waals surface area contributed by atoms with Crippen LogP contribution in [-0.4, -0.2) is 39.4 Å². The van der Waals surface area contributed by atoms with Crippen molar-refractivity contribution in [1.29, 1.82) is 0 Å². The fraction of sp³-hybridized carbons (Fsp3) is 0.474. The van der Waals surface area contributed by atoms with Crippen LogP contribution in [0.25, 0.3) is 0 Å². The summed E-state index contributed by atoms with van der Waals surface area (Å²) in [6.45, 7) is 4.97. The summed E-state index contributed by atoms with van der Waals surface area (Å²) in [6.07, 6.45) is 4.72. The zero-order chi connectivity index (χ0) is 16.6. The van der Waals surface area contributed by atoms with Gasteiger partial charge in [-0.05, 0) is 31.7 Å². The second-order valence-electron chi connectivity index (χ2n) is 7.19. The van der Waals surface area contributed by atoms with Gasteiger partial charge in [-0.25, -0.2) is 4.98 Å². The molecule has 0 saturated carbocycles. The molecule has 2 aliphatic rings. The number of benzene rings is 1. The van der Waals surface area contributed by atoms with Gasteiger partial charge in [-0.1, -0.05) is 30.3 Å². The Bertz CT molecular complexity index is 716. The minimum absolute atomic E-state index is 0.00587. The highest BCUT2D eigenvalue weighted by atomic mass is 16.2. The van der Waals surface area contributed by atoms with Crippen LogP contribution in [0.4, 0.5) is 0 Å². The van der Waals surface area contributed by atoms with Gasteiger partial charge in [-0.15, -0.1) is 0 Å². The summed E-state index contributed by atoms with van der Waals surface area (Å²) in [5.74, 6) is 0.198. The molecule has 1 aromatic carbocycles. The number of rotatable bonds is 3. The quantitative estimate of drug-likeness (QED) is 0.911. The lowest BCUT2D eigenvalue weighted by Gasteiger charge is -2.39. The molecule has 24 heavy (non-hydrogen) atoms. The molecule has 1 aromatic heterocycles. The predicted octanol–water partition coefficient (Wildman–Crippen LogP) is 2.36. The molecule has 2 aliphatic heterocycles. The van der Waals surface area contributed by atoms with Crippen LogP contribution in [0.1, 0.15) is 42.1 Å². The van der Waals surface area contributed by atoms with E-state index in [1.807, 2.05) is 18.2 Å². The summed E-state index contributed by atoms with van der Waals surface area (Å²) in [5.41, 5.74) is 3.40. The zero-order valence-corrected chi connectivity index (χ0v) is 14.1. The van der Waals surface area contributed by atoms with Crippen molar-refractivity contribution in [3.8, 4) is 0 Å². The van der Waals surface area contributed by atoms with Crippen molar-refractivity contribution in [3.63, 3.8) is 0 Å². The monoisotopic (exact) mass is 324 g/mol. The lowest BCUT2D eigenvalue weighted by atomic mass is 9.82. The maximum absolute atomic E-state index is 12.5. The Morgan fingerprint density at radius 3 is 2.67 bits per heavy atom. The first-order valence-corrected chi connectivity index (χ1v) is 8.73. The molecule has 0 unspecified atom stereocenters. The minimum Gasteiger partial charge on any atom is -0.350 e. The molecule has 1 spiro atoms. The van der Waals surface area contributed by atoms with E-state index in [0.29, 0.717) is 0 Å². The van der Waals surface area contributed by atoms with Crippen LogP contribution in [0.15, 0.2) is 36.7 Å². The van der Waals surface area contributed by atoms with E-state index in [-0.39, 0.29) is 17.4 Å². The molecule has 4 rings (SSSR count). The van der Waals surface area contributed by atoms with Crippen LogP contribution < -0.4 is 5.32 Å². The van der Waals surface area contributed by atoms with Crippen LogP contribution >= 0.6 is 0 Å². The van der Waals surface area contributed by atoms with Crippen molar-refractivity contribution < 1.29 is 4.79 Å². The molecule has 2 saturated heterocycles. The molecule has 3 heterocycles. The van der Waals surface area contributed by atoms with Gasteiger partial charge in [0.25, 0.3) is 0 Å². The second kappa shape index (κ2) is 6.06. The standard InChI is InChI=1S/C19H24N4O/c1-14-17(21-13-20-14)12-23-9-7-19(8-10-23)11-16(18(24)22-19)15-5-3-2-4-6-15/h2-6,13,16H,7-12H2,1H3,(H,20,21)(H,22,24)/t16-/m1/s1. The number of likely N-dealkylation sites (tertiary alicyclic amines) is 1. The molecule has 0 bridgehead atoms. The lowest BCUT2D eigenvalue weighted by Crippen LogP contribution is -2.50. The lowest BCUT2D eigenvalue weighted by molar-refractivity contribution is -0.121. The molecular formula is C19H24N4O. The Morgan fingerprint density at radius 1 is 1.25 bits per heavy atom. The number of piperidine rings is 1. The number of aryl methyl sites for hydroxylation is 1. The van der Waals surface area contributed by atoms with Crippen LogP contribution in [0.2, 0.25) is 0 Å². The van der Waals surface area contributed by atoms with Gasteiger partial charge in [0, 0.05) is 30.9 Å². The summed E-state index contributed by atoms with van der Waals surface area (Å²) < 4.78 is 0. The number of carbonyl (C=O) groups excluding carboxylic acids is 1. The average Bonchev–Trinajstić information content (AvgIpc) is 3.14. The summed E-state index contributed by atoms with van der Waals surface area (Å²) in [7, 11) is 0. The highest BCUT2D eigenvalue weighted by Gasteiger charge is 2.46. The van der Waals surface area contributed by atoms with Crippen molar-refractivity contribution in [3.05, 3.63) is 53.6 Å². The minimum atomic E-state index is -0.0191. The third-order valence-corrected chi connectivity index (χ3v) is 5.62. The Kier molecular flexibility index (Phi) is 3.88. The Balaban J connectivity index is 1.40. The SMILES string of the molecule is Cc1[nH]cnc1CN1CCC2(CC1)C[C@H](c1ccccc1)C(=O)N2. The number of hydrogen-bond acceptors (Lipinski definition) is 3. The topological polar surface area (TPSA) is 61.0 Å². The van der Waals surface area contributed by atoms with Gasteiger partial charge >= 0.3 is 0 Å². The third-order valence-electron chi connectivity index (χ3n) is 5.62. The molecule has 5 nitrogen and oxygen atoms in total. The molecule has 0 radical (unpaired) electrons. The summed E-state index contributed by atoms with van der Waals surface area (Å²) in [4.78, 5) is 22.5. The van der Waals surface area contributed by atoms with E-state index in [1.165, 1.54) is 0 Å². The fourth-order valence-electron chi connectivity index (χ4n) is 4.06. The Labute approximate surface area is 142 Å². The maximum Gasteiger partial charge on any atom is 0.228 e. The number of nitrogens with zero attached hydrogens (tertiary/aromatic N) is 2. The number of carbonyl (C=O) groups is 1. The Morgan fingerprint density at radius 2 is 2.00 bits per heavy atom. The molecular weight excluding hydrogens is 300 g/mol. The summed E-state index contributed by atoms with van der Waals surface area (Å²) in [6, 6.07) is 10.2. The van der Waals surface area contributed by atoms with Crippen LogP contribution in [0, 0.1) is 6.92 Å². The normalized spacial score (nSPS) is 23.5. The van der Waals surface area contributed by atoms with E-state index in [0.717, 1.165) is 55.8 Å². The first-order valence-electron chi connectivity index (χ1n) is 8.73. The number of amides is 1. The first kappa shape index (κ1) is 15.4. The molecule has 1 atom stereocenters. The van der Waals surface area contributed by atoms with E-state index >= 15 is 0 Å². The molecule has 5 heteroatoms. The number of H-pyrrole nitrogens is 1. The first-order chi connectivity index (χ1) is 11.7. The van der Waals surface area contributed by atoms with Crippen LogP contribution in [0.5, 0.6) is 0 Å². The van der Waals surface area contributed by atoms with Crippen molar-refractivity contribution in [2.24, 2.45) is 0 Å². The molecule has 0 aliphatic carbocycles. The van der Waals surface area contributed by atoms with Crippen molar-refractivity contribution >= 4 is 5.91 Å². The van der Waals surface area contributed by atoms with Gasteiger partial charge in [0.2, 0.25) is 5.91 Å². The van der Waals surface area contributed by atoms with E-state index in [4.69, 9.17) is 0 Å². The molecule has 2 aromatic rings. The summed E-state index contributed by atoms with van der Waals surface area (Å²) >= 11 is 0. The number of hydrogen-bond donors (Lipinski definition) is 2. The highest BCUT2D eigenvalue weighted by Crippen LogP contribution is 2.39. The third kappa shape index (κ3) is 2.84. The van der Waals surface area contributed by atoms with Gasteiger partial charge < -0.3 is 10.3 Å². The predicted molar refractivity (Wildman–Crippen MR) is 92.5 cm³/mol. The number of nitrogens with one attached hydrogen (secondary N) is 2. The smallest absolute Gasteiger partial charge is 0.228 e. The number of aromatic nitrogens is 2. The largest absolute Gasteiger partial charge is 0.350 e. The fourth-order valence-corrected chi connectivity index (χ4v) is 4.06. The van der Waals surface area contributed by atoms with Gasteiger partial charge in [0.1, 0.15) is 0 Å². The van der Waals surface area contributed by atoms with Gasteiger partial charge in [-0.3, -0.25) is 9.69 Å². The van der Waals surface area contributed by atoms with Gasteiger partial charge in [0.05, 0.1) is 17.9 Å². The molecule has 126 valence electrons. The highest BCUT2D eigenvalue weighted by molar-refractivity contribution is 5.87. The van der Waals surface area contributed by atoms with E-state index in [9.17, 15) is 4.79 Å². The Hall–Kier alpha value is -2.14. The number of aromatic amines is 1. The second-order valence-corrected chi connectivity index (χ2v) is 7.19.